The minimum absolute atomic E-state index is 0.0140. The van der Waals surface area contributed by atoms with Crippen LogP contribution in [0, 0.1) is 0 Å². The molecule has 3 rings (SSSR count). The van der Waals surface area contributed by atoms with E-state index in [2.05, 4.69) is 5.32 Å². The highest BCUT2D eigenvalue weighted by molar-refractivity contribution is 6.30. The molecule has 2 heterocycles. The van der Waals surface area contributed by atoms with E-state index in [1.165, 1.54) is 0 Å². The van der Waals surface area contributed by atoms with Crippen LogP contribution in [0.1, 0.15) is 37.8 Å². The molecule has 1 N–H and O–H groups in total. The molecular formula is C16H20ClFN2O. The second-order valence-corrected chi connectivity index (χ2v) is 6.66. The molecule has 0 bridgehead atoms. The lowest BCUT2D eigenvalue weighted by molar-refractivity contribution is -0.138. The molecule has 2 aliphatic heterocycles. The number of amides is 1. The lowest BCUT2D eigenvalue weighted by atomic mass is 9.96. The van der Waals surface area contributed by atoms with Crippen LogP contribution in [0.5, 0.6) is 0 Å². The van der Waals surface area contributed by atoms with Gasteiger partial charge in [-0.15, -0.1) is 0 Å². The molecule has 2 fully saturated rings. The third-order valence-electron chi connectivity index (χ3n) is 4.58. The third-order valence-corrected chi connectivity index (χ3v) is 4.84. The number of benzene rings is 1. The third kappa shape index (κ3) is 2.79. The fourth-order valence-corrected chi connectivity index (χ4v) is 3.57. The number of hydrogen-bond acceptors (Lipinski definition) is 2. The lowest BCUT2D eigenvalue weighted by Gasteiger charge is -2.33. The smallest absolute Gasteiger partial charge is 0.243 e. The van der Waals surface area contributed by atoms with E-state index in [9.17, 15) is 9.18 Å². The van der Waals surface area contributed by atoms with Gasteiger partial charge >= 0.3 is 0 Å². The zero-order chi connectivity index (χ0) is 15.0. The Hall–Kier alpha value is -1.13. The Morgan fingerprint density at radius 2 is 2.14 bits per heavy atom. The van der Waals surface area contributed by atoms with Crippen molar-refractivity contribution in [1.82, 2.24) is 10.2 Å². The quantitative estimate of drug-likeness (QED) is 0.910. The van der Waals surface area contributed by atoms with Gasteiger partial charge in [-0.05, 0) is 37.5 Å². The number of likely N-dealkylation sites (tertiary alicyclic amines) is 1. The van der Waals surface area contributed by atoms with Crippen molar-refractivity contribution in [1.29, 1.82) is 0 Å². The van der Waals surface area contributed by atoms with Gasteiger partial charge in [-0.2, -0.15) is 0 Å². The molecule has 0 spiro atoms. The first-order chi connectivity index (χ1) is 9.99. The molecule has 3 nitrogen and oxygen atoms in total. The van der Waals surface area contributed by atoms with Crippen molar-refractivity contribution in [3.63, 3.8) is 0 Å². The zero-order valence-electron chi connectivity index (χ0n) is 12.1. The normalized spacial score (nSPS) is 32.6. The Balaban J connectivity index is 1.80. The summed E-state index contributed by atoms with van der Waals surface area (Å²) in [5.74, 6) is 0.0140. The van der Waals surface area contributed by atoms with Crippen LogP contribution < -0.4 is 5.32 Å². The van der Waals surface area contributed by atoms with E-state index >= 15 is 0 Å². The maximum atomic E-state index is 13.5. The molecule has 2 aliphatic rings. The average molecular weight is 311 g/mol. The Morgan fingerprint density at radius 3 is 2.76 bits per heavy atom. The van der Waals surface area contributed by atoms with Crippen LogP contribution >= 0.6 is 11.6 Å². The molecule has 3 atom stereocenters. The number of carbonyl (C=O) groups is 1. The van der Waals surface area contributed by atoms with Gasteiger partial charge < -0.3 is 10.2 Å². The van der Waals surface area contributed by atoms with Crippen molar-refractivity contribution in [3.8, 4) is 0 Å². The number of halogens is 2. The molecule has 114 valence electrons. The fraction of sp³-hybridized carbons (Fsp3) is 0.562. The number of hydrogen-bond donors (Lipinski definition) is 1. The first kappa shape index (κ1) is 14.8. The predicted octanol–water partition coefficient (Wildman–Crippen LogP) is 3.09. The minimum atomic E-state index is -0.935. The molecule has 1 unspecified atom stereocenters. The van der Waals surface area contributed by atoms with E-state index in [1.54, 1.807) is 0 Å². The van der Waals surface area contributed by atoms with Crippen molar-refractivity contribution < 1.29 is 9.18 Å². The molecule has 5 heteroatoms. The van der Waals surface area contributed by atoms with Crippen molar-refractivity contribution in [2.45, 2.75) is 43.9 Å². The van der Waals surface area contributed by atoms with Crippen LogP contribution in [0.3, 0.4) is 0 Å². The van der Waals surface area contributed by atoms with Crippen molar-refractivity contribution >= 4 is 17.5 Å². The molecule has 1 aromatic rings. The van der Waals surface area contributed by atoms with E-state index in [4.69, 9.17) is 11.6 Å². The van der Waals surface area contributed by atoms with Gasteiger partial charge in [-0.1, -0.05) is 23.7 Å². The van der Waals surface area contributed by atoms with E-state index in [1.807, 2.05) is 36.1 Å². The first-order valence-corrected chi connectivity index (χ1v) is 7.83. The zero-order valence-corrected chi connectivity index (χ0v) is 12.9. The topological polar surface area (TPSA) is 32.3 Å². The van der Waals surface area contributed by atoms with E-state index < -0.39 is 11.7 Å². The van der Waals surface area contributed by atoms with Gasteiger partial charge in [-0.25, -0.2) is 4.39 Å². The first-order valence-electron chi connectivity index (χ1n) is 7.45. The average Bonchev–Trinajstić information content (AvgIpc) is 3.06. The summed E-state index contributed by atoms with van der Waals surface area (Å²) >= 11 is 5.93. The fourth-order valence-electron chi connectivity index (χ4n) is 3.44. The summed E-state index contributed by atoms with van der Waals surface area (Å²) in [6, 6.07) is 7.73. The monoisotopic (exact) mass is 310 g/mol. The predicted molar refractivity (Wildman–Crippen MR) is 81.1 cm³/mol. The second kappa shape index (κ2) is 5.58. The van der Waals surface area contributed by atoms with Gasteiger partial charge in [0.1, 0.15) is 6.17 Å². The summed E-state index contributed by atoms with van der Waals surface area (Å²) in [5.41, 5.74) is 0.331. The highest BCUT2D eigenvalue weighted by Crippen LogP contribution is 2.36. The standard InChI is InChI=1S/C16H20ClFN2O/c1-16(9-13(18)10-19-16)15(21)20-8-2-3-14(20)11-4-6-12(17)7-5-11/h4-7,13-14,19H,2-3,8-10H2,1H3/t13-,14?,16-/m0/s1. The highest BCUT2D eigenvalue weighted by atomic mass is 35.5. The summed E-state index contributed by atoms with van der Waals surface area (Å²) in [6.07, 6.45) is 1.25. The van der Waals surface area contributed by atoms with Crippen molar-refractivity contribution in [2.75, 3.05) is 13.1 Å². The largest absolute Gasteiger partial charge is 0.334 e. The number of carbonyl (C=O) groups excluding carboxylic acids is 1. The number of nitrogens with one attached hydrogen (secondary N) is 1. The summed E-state index contributed by atoms with van der Waals surface area (Å²) in [6.45, 7) is 2.81. The Labute approximate surface area is 129 Å². The highest BCUT2D eigenvalue weighted by Gasteiger charge is 2.45. The number of nitrogens with zero attached hydrogens (tertiary/aromatic N) is 1. The maximum Gasteiger partial charge on any atom is 0.243 e. The molecule has 0 aromatic heterocycles. The van der Waals surface area contributed by atoms with Gasteiger partial charge in [0.15, 0.2) is 0 Å². The second-order valence-electron chi connectivity index (χ2n) is 6.22. The molecule has 0 radical (unpaired) electrons. The van der Waals surface area contributed by atoms with Gasteiger partial charge in [0.2, 0.25) is 5.91 Å². The van der Waals surface area contributed by atoms with Gasteiger partial charge in [0.05, 0.1) is 11.6 Å². The number of alkyl halides is 1. The van der Waals surface area contributed by atoms with Crippen molar-refractivity contribution in [2.24, 2.45) is 0 Å². The maximum absolute atomic E-state index is 13.5. The van der Waals surface area contributed by atoms with Crippen LogP contribution in [0.25, 0.3) is 0 Å². The SMILES string of the molecule is C[C@@]1(C(=O)N2CCCC2c2ccc(Cl)cc2)C[C@H](F)CN1. The van der Waals surface area contributed by atoms with E-state index in [0.717, 1.165) is 24.9 Å². The molecule has 0 aliphatic carbocycles. The van der Waals surface area contributed by atoms with Crippen LogP contribution in [0.2, 0.25) is 5.02 Å². The van der Waals surface area contributed by atoms with Gasteiger partial charge in [0.25, 0.3) is 0 Å². The summed E-state index contributed by atoms with van der Waals surface area (Å²) in [5, 5.41) is 3.75. The van der Waals surface area contributed by atoms with Crippen LogP contribution in [-0.4, -0.2) is 35.6 Å². The molecule has 0 saturated carbocycles. The minimum Gasteiger partial charge on any atom is -0.334 e. The van der Waals surface area contributed by atoms with Gasteiger partial charge in [0, 0.05) is 24.5 Å². The van der Waals surface area contributed by atoms with E-state index in [0.29, 0.717) is 5.02 Å². The van der Waals surface area contributed by atoms with E-state index in [-0.39, 0.29) is 24.9 Å². The summed E-state index contributed by atoms with van der Waals surface area (Å²) in [4.78, 5) is 14.7. The Morgan fingerprint density at radius 1 is 1.43 bits per heavy atom. The number of rotatable bonds is 2. The molecule has 21 heavy (non-hydrogen) atoms. The summed E-state index contributed by atoms with van der Waals surface area (Å²) < 4.78 is 13.5. The van der Waals surface area contributed by atoms with Crippen molar-refractivity contribution in [3.05, 3.63) is 34.9 Å². The molecule has 1 aromatic carbocycles. The molecule has 1 amide bonds. The molecular weight excluding hydrogens is 291 g/mol. The van der Waals surface area contributed by atoms with Gasteiger partial charge in [-0.3, -0.25) is 4.79 Å². The summed E-state index contributed by atoms with van der Waals surface area (Å²) in [7, 11) is 0. The Kier molecular flexibility index (Phi) is 3.93. The lowest BCUT2D eigenvalue weighted by Crippen LogP contribution is -2.52. The van der Waals surface area contributed by atoms with Crippen LogP contribution in [-0.2, 0) is 4.79 Å². The van der Waals surface area contributed by atoms with Crippen LogP contribution in [0.4, 0.5) is 4.39 Å². The van der Waals surface area contributed by atoms with Crippen LogP contribution in [0.15, 0.2) is 24.3 Å². The Bertz CT molecular complexity index is 536. The molecule has 2 saturated heterocycles.